The van der Waals surface area contributed by atoms with E-state index in [1.807, 2.05) is 38.1 Å². The Hall–Kier alpha value is -4.09. The Morgan fingerprint density at radius 3 is 2.68 bits per heavy atom. The van der Waals surface area contributed by atoms with Crippen LogP contribution >= 0.6 is 0 Å². The van der Waals surface area contributed by atoms with E-state index in [1.54, 1.807) is 25.4 Å². The van der Waals surface area contributed by atoms with E-state index >= 15 is 0 Å². The summed E-state index contributed by atoms with van der Waals surface area (Å²) in [7, 11) is 1.60. The second-order valence-corrected chi connectivity index (χ2v) is 9.05. The molecule has 0 aliphatic carbocycles. The molecule has 1 aliphatic rings. The van der Waals surface area contributed by atoms with Gasteiger partial charge in [0.25, 0.3) is 0 Å². The molecular weight excluding hydrogens is 474 g/mol. The summed E-state index contributed by atoms with van der Waals surface area (Å²) in [6.45, 7) is 5.15. The van der Waals surface area contributed by atoms with Gasteiger partial charge in [-0.25, -0.2) is 15.8 Å². The largest absolute Gasteiger partial charge is 0.496 e. The maximum atomic E-state index is 12.3. The molecule has 1 aliphatic heterocycles. The number of anilines is 3. The first-order valence-corrected chi connectivity index (χ1v) is 12.0. The number of aromatic nitrogens is 2. The van der Waals surface area contributed by atoms with Crippen LogP contribution in [0.3, 0.4) is 0 Å². The molecule has 1 amide bonds. The van der Waals surface area contributed by atoms with Crippen molar-refractivity contribution in [3.05, 3.63) is 54.6 Å². The van der Waals surface area contributed by atoms with Crippen molar-refractivity contribution in [3.8, 4) is 11.5 Å². The van der Waals surface area contributed by atoms with Crippen molar-refractivity contribution in [2.24, 2.45) is 17.5 Å². The number of ether oxygens (including phenoxy) is 3. The topological polar surface area (TPSA) is 150 Å². The predicted molar refractivity (Wildman–Crippen MR) is 142 cm³/mol. The van der Waals surface area contributed by atoms with Crippen molar-refractivity contribution in [3.63, 3.8) is 0 Å². The van der Waals surface area contributed by atoms with Crippen LogP contribution < -0.4 is 31.7 Å². The summed E-state index contributed by atoms with van der Waals surface area (Å²) in [6, 6.07) is 10.9. The number of nitrogens with zero attached hydrogens (tertiary/aromatic N) is 3. The van der Waals surface area contributed by atoms with Crippen LogP contribution in [-0.2, 0) is 9.53 Å². The molecule has 6 N–H and O–H groups in total. The van der Waals surface area contributed by atoms with Crippen molar-refractivity contribution < 1.29 is 19.0 Å². The average Bonchev–Trinajstić information content (AvgIpc) is 3.37. The molecule has 11 heteroatoms. The third-order valence-corrected chi connectivity index (χ3v) is 5.83. The van der Waals surface area contributed by atoms with E-state index < -0.39 is 0 Å². The minimum atomic E-state index is -0.260. The molecule has 1 aromatic heterocycles. The second kappa shape index (κ2) is 11.8. The Labute approximate surface area is 215 Å². The van der Waals surface area contributed by atoms with Crippen molar-refractivity contribution in [1.82, 2.24) is 15.0 Å². The molecule has 2 heterocycles. The Balaban J connectivity index is 1.44. The van der Waals surface area contributed by atoms with Gasteiger partial charge in [0.1, 0.15) is 36.3 Å². The van der Waals surface area contributed by atoms with Crippen LogP contribution in [-0.4, -0.2) is 53.9 Å². The van der Waals surface area contributed by atoms with Gasteiger partial charge in [0.15, 0.2) is 0 Å². The molecular formula is C26H33N7O4. The highest BCUT2D eigenvalue weighted by Crippen LogP contribution is 2.36. The standard InChI is InChI=1S/C26H33N7O4/c1-16(2)21(27)12-33(28)13-24(34)31-17-4-6-18(7-5-17)32-26-25-22(29-15-30-26)10-20(11-23(25)35-3)37-19-8-9-36-14-19/h4-7,10-12,15-16,19H,8-9,13-14,27-28H2,1-3H3,(H,31,34)(H,29,30,32)/b21-12-/t19-/m1/s1. The van der Waals surface area contributed by atoms with Crippen molar-refractivity contribution in [1.29, 1.82) is 0 Å². The number of hydrazine groups is 1. The Morgan fingerprint density at radius 1 is 1.24 bits per heavy atom. The molecule has 196 valence electrons. The van der Waals surface area contributed by atoms with E-state index in [2.05, 4.69) is 20.6 Å². The number of carbonyl (C=O) groups excluding carboxylic acids is 1. The smallest absolute Gasteiger partial charge is 0.245 e. The lowest BCUT2D eigenvalue weighted by molar-refractivity contribution is -0.116. The van der Waals surface area contributed by atoms with Crippen LogP contribution in [0.15, 0.2) is 54.6 Å². The number of methoxy groups -OCH3 is 1. The molecule has 11 nitrogen and oxygen atoms in total. The number of hydrogen-bond acceptors (Lipinski definition) is 10. The SMILES string of the molecule is COc1cc(O[C@@H]2CCOC2)cc2ncnc(Nc3ccc(NC(=O)CN(N)/C=C(\N)C(C)C)cc3)c12. The number of nitrogens with one attached hydrogen (secondary N) is 2. The summed E-state index contributed by atoms with van der Waals surface area (Å²) in [5.74, 6) is 7.60. The van der Waals surface area contributed by atoms with Gasteiger partial charge >= 0.3 is 0 Å². The lowest BCUT2D eigenvalue weighted by atomic mass is 10.1. The normalized spacial score (nSPS) is 15.6. The summed E-state index contributed by atoms with van der Waals surface area (Å²) in [6.07, 6.45) is 3.92. The molecule has 3 aromatic rings. The van der Waals surface area contributed by atoms with Crippen LogP contribution in [0, 0.1) is 5.92 Å². The molecule has 37 heavy (non-hydrogen) atoms. The van der Waals surface area contributed by atoms with Crippen LogP contribution in [0.25, 0.3) is 10.9 Å². The first kappa shape index (κ1) is 26.0. The third-order valence-electron chi connectivity index (χ3n) is 5.83. The molecule has 1 fully saturated rings. The number of hydrogen-bond donors (Lipinski definition) is 4. The zero-order valence-electron chi connectivity index (χ0n) is 21.2. The molecule has 1 saturated heterocycles. The fourth-order valence-electron chi connectivity index (χ4n) is 3.78. The van der Waals surface area contributed by atoms with Gasteiger partial charge in [-0.3, -0.25) is 4.79 Å². The number of carbonyl (C=O) groups is 1. The monoisotopic (exact) mass is 507 g/mol. The van der Waals surface area contributed by atoms with Crippen LogP contribution in [0.2, 0.25) is 0 Å². The molecule has 0 radical (unpaired) electrons. The number of nitrogens with two attached hydrogens (primary N) is 2. The van der Waals surface area contributed by atoms with Crippen LogP contribution in [0.1, 0.15) is 20.3 Å². The summed E-state index contributed by atoms with van der Waals surface area (Å²) in [5.41, 5.74) is 8.59. The van der Waals surface area contributed by atoms with Crippen molar-refractivity contribution in [2.45, 2.75) is 26.4 Å². The van der Waals surface area contributed by atoms with Crippen molar-refractivity contribution >= 4 is 34.0 Å². The molecule has 4 rings (SSSR count). The summed E-state index contributed by atoms with van der Waals surface area (Å²) >= 11 is 0. The predicted octanol–water partition coefficient (Wildman–Crippen LogP) is 3.12. The van der Waals surface area contributed by atoms with Gasteiger partial charge in [0, 0.05) is 41.8 Å². The third kappa shape index (κ3) is 6.78. The minimum absolute atomic E-state index is 0.0168. The van der Waals surface area contributed by atoms with E-state index in [0.717, 1.165) is 17.5 Å². The maximum Gasteiger partial charge on any atom is 0.245 e. The molecule has 0 saturated carbocycles. The van der Waals surface area contributed by atoms with E-state index in [4.69, 9.17) is 25.8 Å². The number of rotatable bonds is 10. The fraction of sp³-hybridized carbons (Fsp3) is 0.346. The molecule has 0 bridgehead atoms. The Kier molecular flexibility index (Phi) is 8.26. The molecule has 0 unspecified atom stereocenters. The Morgan fingerprint density at radius 2 is 2.00 bits per heavy atom. The first-order valence-electron chi connectivity index (χ1n) is 12.0. The van der Waals surface area contributed by atoms with E-state index in [9.17, 15) is 4.79 Å². The minimum Gasteiger partial charge on any atom is -0.496 e. The van der Waals surface area contributed by atoms with Gasteiger partial charge < -0.3 is 35.6 Å². The number of allylic oxidation sites excluding steroid dienone is 1. The highest BCUT2D eigenvalue weighted by Gasteiger charge is 2.19. The fourth-order valence-corrected chi connectivity index (χ4v) is 3.78. The highest BCUT2D eigenvalue weighted by molar-refractivity contribution is 5.97. The lowest BCUT2D eigenvalue weighted by Crippen LogP contribution is -2.35. The first-order chi connectivity index (χ1) is 17.8. The average molecular weight is 508 g/mol. The second-order valence-electron chi connectivity index (χ2n) is 9.05. The highest BCUT2D eigenvalue weighted by atomic mass is 16.5. The lowest BCUT2D eigenvalue weighted by Gasteiger charge is -2.17. The molecule has 2 aromatic carbocycles. The summed E-state index contributed by atoms with van der Waals surface area (Å²) in [4.78, 5) is 21.2. The molecule has 0 spiro atoms. The maximum absolute atomic E-state index is 12.3. The quantitative estimate of drug-likeness (QED) is 0.238. The van der Waals surface area contributed by atoms with E-state index in [1.165, 1.54) is 11.3 Å². The van der Waals surface area contributed by atoms with Gasteiger partial charge in [0.2, 0.25) is 5.91 Å². The van der Waals surface area contributed by atoms with Gasteiger partial charge in [-0.15, -0.1) is 0 Å². The van der Waals surface area contributed by atoms with Gasteiger partial charge in [-0.05, 0) is 30.2 Å². The molecule has 1 atom stereocenters. The summed E-state index contributed by atoms with van der Waals surface area (Å²) < 4.78 is 17.1. The number of amides is 1. The van der Waals surface area contributed by atoms with Crippen LogP contribution in [0.4, 0.5) is 17.2 Å². The zero-order chi connectivity index (χ0) is 26.4. The van der Waals surface area contributed by atoms with Crippen LogP contribution in [0.5, 0.6) is 11.5 Å². The number of benzene rings is 2. The Bertz CT molecular complexity index is 1260. The van der Waals surface area contributed by atoms with Gasteiger partial charge in [0.05, 0.1) is 31.2 Å². The van der Waals surface area contributed by atoms with E-state index in [-0.39, 0.29) is 24.5 Å². The van der Waals surface area contributed by atoms with Gasteiger partial charge in [-0.1, -0.05) is 13.8 Å². The zero-order valence-corrected chi connectivity index (χ0v) is 21.2. The van der Waals surface area contributed by atoms with E-state index in [0.29, 0.717) is 47.4 Å². The number of fused-ring (bicyclic) bond motifs is 1. The van der Waals surface area contributed by atoms with Crippen molar-refractivity contribution in [2.75, 3.05) is 37.5 Å². The van der Waals surface area contributed by atoms with Gasteiger partial charge in [-0.2, -0.15) is 0 Å². The summed E-state index contributed by atoms with van der Waals surface area (Å²) in [5, 5.41) is 8.13.